The molecular formula is C18H18N5O4S+. The summed E-state index contributed by atoms with van der Waals surface area (Å²) in [6.07, 6.45) is 0. The minimum absolute atomic E-state index is 0.0530. The number of ether oxygens (including phenoxy) is 3. The molecule has 0 saturated heterocycles. The number of pyridine rings is 1. The first kappa shape index (κ1) is 20.7. The minimum Gasteiger partial charge on any atom is -0.493 e. The number of anilines is 1. The third-order valence-electron chi connectivity index (χ3n) is 3.78. The predicted octanol–water partition coefficient (Wildman–Crippen LogP) is 1.10. The van der Waals surface area contributed by atoms with Gasteiger partial charge in [0.15, 0.2) is 16.5 Å². The van der Waals surface area contributed by atoms with Crippen LogP contribution in [0.2, 0.25) is 0 Å². The van der Waals surface area contributed by atoms with Gasteiger partial charge in [-0.1, -0.05) is 11.8 Å². The maximum Gasteiger partial charge on any atom is 0.289 e. The van der Waals surface area contributed by atoms with E-state index in [0.29, 0.717) is 27.8 Å². The number of nitrogens with one attached hydrogen (secondary N) is 1. The average molecular weight is 400 g/mol. The SMILES string of the molecule is COc1cc(-c2c(C#N)c(N)[nH+]c(SCC(N)=O)c2C#N)cc(OC)c1OC. The summed E-state index contributed by atoms with van der Waals surface area (Å²) >= 11 is 1.02. The number of amides is 1. The molecule has 9 nitrogen and oxygen atoms in total. The van der Waals surface area contributed by atoms with Crippen molar-refractivity contribution in [2.24, 2.45) is 5.73 Å². The number of benzene rings is 1. The van der Waals surface area contributed by atoms with Crippen molar-refractivity contribution in [3.8, 4) is 40.5 Å². The number of carbonyl (C=O) groups excluding carboxylic acids is 1. The molecule has 1 aromatic carbocycles. The van der Waals surface area contributed by atoms with Crippen molar-refractivity contribution in [1.29, 1.82) is 10.5 Å². The van der Waals surface area contributed by atoms with Gasteiger partial charge in [0.25, 0.3) is 5.82 Å². The fourth-order valence-electron chi connectivity index (χ4n) is 2.61. The first-order valence-corrected chi connectivity index (χ1v) is 8.80. The third kappa shape index (κ3) is 3.87. The summed E-state index contributed by atoms with van der Waals surface area (Å²) in [4.78, 5) is 13.9. The number of carbonyl (C=O) groups is 1. The molecule has 10 heteroatoms. The second-order valence-electron chi connectivity index (χ2n) is 5.39. The number of hydrogen-bond donors (Lipinski definition) is 2. The normalized spacial score (nSPS) is 9.89. The Balaban J connectivity index is 2.85. The lowest BCUT2D eigenvalue weighted by Crippen LogP contribution is -2.21. The Hall–Kier alpha value is -3.63. The zero-order chi connectivity index (χ0) is 20.8. The number of nitriles is 2. The van der Waals surface area contributed by atoms with Crippen LogP contribution in [-0.2, 0) is 4.79 Å². The lowest BCUT2D eigenvalue weighted by molar-refractivity contribution is -0.410. The molecule has 2 rings (SSSR count). The number of methoxy groups -OCH3 is 3. The van der Waals surface area contributed by atoms with Crippen molar-refractivity contribution < 1.29 is 24.0 Å². The van der Waals surface area contributed by atoms with E-state index < -0.39 is 5.91 Å². The number of aromatic nitrogens is 1. The van der Waals surface area contributed by atoms with Gasteiger partial charge in [-0.05, 0) is 17.7 Å². The van der Waals surface area contributed by atoms with Gasteiger partial charge in [0.2, 0.25) is 11.7 Å². The largest absolute Gasteiger partial charge is 0.493 e. The molecular weight excluding hydrogens is 382 g/mol. The summed E-state index contributed by atoms with van der Waals surface area (Å²) in [6, 6.07) is 7.30. The van der Waals surface area contributed by atoms with E-state index in [2.05, 4.69) is 11.1 Å². The van der Waals surface area contributed by atoms with E-state index in [1.54, 1.807) is 12.1 Å². The van der Waals surface area contributed by atoms with E-state index in [1.807, 2.05) is 6.07 Å². The number of rotatable bonds is 7. The van der Waals surface area contributed by atoms with Gasteiger partial charge in [-0.25, -0.2) is 4.98 Å². The molecule has 0 radical (unpaired) electrons. The van der Waals surface area contributed by atoms with Gasteiger partial charge in [-0.15, -0.1) is 0 Å². The molecule has 1 aromatic heterocycles. The Morgan fingerprint density at radius 2 is 1.68 bits per heavy atom. The second kappa shape index (κ2) is 8.84. The average Bonchev–Trinajstić information content (AvgIpc) is 2.70. The molecule has 5 N–H and O–H groups in total. The number of nitrogen functional groups attached to an aromatic ring is 1. The van der Waals surface area contributed by atoms with E-state index >= 15 is 0 Å². The summed E-state index contributed by atoms with van der Waals surface area (Å²) in [6.45, 7) is 0. The summed E-state index contributed by atoms with van der Waals surface area (Å²) in [5.74, 6) is 0.497. The monoisotopic (exact) mass is 400 g/mol. The summed E-state index contributed by atoms with van der Waals surface area (Å²) in [7, 11) is 4.38. The van der Waals surface area contributed by atoms with Crippen molar-refractivity contribution in [3.05, 3.63) is 23.3 Å². The number of nitrogens with two attached hydrogens (primary N) is 2. The predicted molar refractivity (Wildman–Crippen MR) is 102 cm³/mol. The molecule has 0 aliphatic rings. The molecule has 0 aliphatic heterocycles. The van der Waals surface area contributed by atoms with Crippen LogP contribution in [-0.4, -0.2) is 33.0 Å². The molecule has 0 unspecified atom stereocenters. The van der Waals surface area contributed by atoms with Gasteiger partial charge < -0.3 is 19.9 Å². The number of aromatic amines is 1. The fraction of sp³-hybridized carbons (Fsp3) is 0.222. The first-order chi connectivity index (χ1) is 13.4. The van der Waals surface area contributed by atoms with Crippen LogP contribution in [0.1, 0.15) is 11.1 Å². The van der Waals surface area contributed by atoms with Gasteiger partial charge in [-0.2, -0.15) is 10.5 Å². The van der Waals surface area contributed by atoms with Crippen LogP contribution in [0.3, 0.4) is 0 Å². The Bertz CT molecular complexity index is 985. The highest BCUT2D eigenvalue weighted by atomic mass is 32.2. The molecule has 0 fully saturated rings. The molecule has 2 aromatic rings. The van der Waals surface area contributed by atoms with Crippen molar-refractivity contribution in [2.75, 3.05) is 32.8 Å². The van der Waals surface area contributed by atoms with Crippen LogP contribution in [0.5, 0.6) is 17.2 Å². The van der Waals surface area contributed by atoms with Crippen LogP contribution in [0.25, 0.3) is 11.1 Å². The quantitative estimate of drug-likeness (QED) is 0.654. The highest BCUT2D eigenvalue weighted by molar-refractivity contribution is 7.99. The lowest BCUT2D eigenvalue weighted by Gasteiger charge is -2.16. The van der Waals surface area contributed by atoms with Crippen molar-refractivity contribution in [3.63, 3.8) is 0 Å². The molecule has 28 heavy (non-hydrogen) atoms. The van der Waals surface area contributed by atoms with Crippen LogP contribution >= 0.6 is 11.8 Å². The second-order valence-corrected chi connectivity index (χ2v) is 6.37. The van der Waals surface area contributed by atoms with Crippen LogP contribution in [0, 0.1) is 22.7 Å². The Kier molecular flexibility index (Phi) is 6.53. The van der Waals surface area contributed by atoms with Gasteiger partial charge in [0.1, 0.15) is 23.3 Å². The first-order valence-electron chi connectivity index (χ1n) is 7.82. The highest BCUT2D eigenvalue weighted by Gasteiger charge is 2.26. The molecule has 144 valence electrons. The molecule has 0 aliphatic carbocycles. The molecule has 1 amide bonds. The molecule has 0 saturated carbocycles. The molecule has 1 heterocycles. The minimum atomic E-state index is -0.556. The van der Waals surface area contributed by atoms with Crippen molar-refractivity contribution >= 4 is 23.5 Å². The lowest BCUT2D eigenvalue weighted by atomic mass is 9.96. The standard InChI is InChI=1S/C18H17N5O4S/c1-25-12-4-9(5-13(26-2)16(12)27-3)15-10(6-19)17(22)23-18(11(15)7-20)28-8-14(21)24/h4-5H,8H2,1-3H3,(H2,21,24)(H2,22,23)/p+1. The summed E-state index contributed by atoms with van der Waals surface area (Å²) in [5.41, 5.74) is 12.2. The topological polar surface area (TPSA) is 159 Å². The zero-order valence-electron chi connectivity index (χ0n) is 15.5. The van der Waals surface area contributed by atoms with Gasteiger partial charge in [0, 0.05) is 5.56 Å². The Morgan fingerprint density at radius 1 is 1.11 bits per heavy atom. The molecule has 0 bridgehead atoms. The van der Waals surface area contributed by atoms with Crippen molar-refractivity contribution in [1.82, 2.24) is 0 Å². The van der Waals surface area contributed by atoms with E-state index in [9.17, 15) is 15.3 Å². The van der Waals surface area contributed by atoms with Crippen molar-refractivity contribution in [2.45, 2.75) is 5.03 Å². The van der Waals surface area contributed by atoms with Crippen LogP contribution < -0.4 is 30.7 Å². The number of thioether (sulfide) groups is 1. The third-order valence-corrected chi connectivity index (χ3v) is 4.80. The molecule has 0 atom stereocenters. The van der Waals surface area contributed by atoms with E-state index in [1.165, 1.54) is 21.3 Å². The van der Waals surface area contributed by atoms with Crippen LogP contribution in [0.15, 0.2) is 17.2 Å². The summed E-state index contributed by atoms with van der Waals surface area (Å²) in [5, 5.41) is 19.7. The number of H-pyrrole nitrogens is 1. The van der Waals surface area contributed by atoms with Gasteiger partial charge in [-0.3, -0.25) is 10.5 Å². The number of primary amides is 1. The maximum absolute atomic E-state index is 11.1. The fourth-order valence-corrected chi connectivity index (χ4v) is 3.37. The zero-order valence-corrected chi connectivity index (χ0v) is 16.3. The summed E-state index contributed by atoms with van der Waals surface area (Å²) < 4.78 is 16.0. The van der Waals surface area contributed by atoms with E-state index in [0.717, 1.165) is 11.8 Å². The smallest absolute Gasteiger partial charge is 0.289 e. The number of hydrogen-bond acceptors (Lipinski definition) is 8. The maximum atomic E-state index is 11.1. The Labute approximate surface area is 165 Å². The van der Waals surface area contributed by atoms with E-state index in [4.69, 9.17) is 25.7 Å². The van der Waals surface area contributed by atoms with Gasteiger partial charge in [0.05, 0.1) is 27.1 Å². The number of nitrogens with zero attached hydrogens (tertiary/aromatic N) is 2. The Morgan fingerprint density at radius 3 is 2.11 bits per heavy atom. The van der Waals surface area contributed by atoms with Gasteiger partial charge >= 0.3 is 0 Å². The van der Waals surface area contributed by atoms with Crippen LogP contribution in [0.4, 0.5) is 5.82 Å². The van der Waals surface area contributed by atoms with E-state index in [-0.39, 0.29) is 28.3 Å². The molecule has 0 spiro atoms. The highest BCUT2D eigenvalue weighted by Crippen LogP contribution is 2.43.